The summed E-state index contributed by atoms with van der Waals surface area (Å²) in [5.74, 6) is -1.22. The lowest BCUT2D eigenvalue weighted by Crippen LogP contribution is -2.22. The summed E-state index contributed by atoms with van der Waals surface area (Å²) in [7, 11) is 0. The van der Waals surface area contributed by atoms with Gasteiger partial charge in [-0.05, 0) is 6.92 Å². The minimum atomic E-state index is -1.37. The fourth-order valence-corrected chi connectivity index (χ4v) is 0.863. The monoisotopic (exact) mass is 170 g/mol. The Labute approximate surface area is 69.1 Å². The minimum absolute atomic E-state index is 0.0463. The second-order valence-corrected chi connectivity index (χ2v) is 2.53. The number of rotatable bonds is 3. The maximum Gasteiger partial charge on any atom is 0.332 e. The number of aromatic amines is 1. The van der Waals surface area contributed by atoms with E-state index in [2.05, 4.69) is 9.97 Å². The van der Waals surface area contributed by atoms with Crippen LogP contribution in [-0.4, -0.2) is 32.3 Å². The van der Waals surface area contributed by atoms with Crippen LogP contribution < -0.4 is 0 Å². The molecule has 1 heterocycles. The van der Waals surface area contributed by atoms with Gasteiger partial charge < -0.3 is 15.2 Å². The van der Waals surface area contributed by atoms with Crippen LogP contribution in [0.5, 0.6) is 0 Å². The number of H-pyrrole nitrogens is 1. The quantitative estimate of drug-likeness (QED) is 0.581. The van der Waals surface area contributed by atoms with Crippen molar-refractivity contribution in [2.75, 3.05) is 0 Å². The summed E-state index contributed by atoms with van der Waals surface area (Å²) in [6.07, 6.45) is 0.149. The van der Waals surface area contributed by atoms with Gasteiger partial charge in [0, 0.05) is 12.1 Å². The van der Waals surface area contributed by atoms with Crippen LogP contribution >= 0.6 is 0 Å². The summed E-state index contributed by atoms with van der Waals surface area (Å²) in [6, 6.07) is 0. The molecule has 1 aromatic rings. The number of nitrogens with one attached hydrogen (secondary N) is 1. The lowest BCUT2D eigenvalue weighted by molar-refractivity contribution is -0.146. The van der Waals surface area contributed by atoms with Crippen molar-refractivity contribution in [2.45, 2.75) is 19.4 Å². The highest BCUT2D eigenvalue weighted by atomic mass is 16.4. The van der Waals surface area contributed by atoms with Crippen molar-refractivity contribution < 1.29 is 15.0 Å². The number of imidazole rings is 1. The number of carboxylic acid groups (broad SMARTS) is 1. The van der Waals surface area contributed by atoms with E-state index < -0.39 is 12.1 Å². The molecule has 1 unspecified atom stereocenters. The van der Waals surface area contributed by atoms with Gasteiger partial charge in [-0.25, -0.2) is 9.78 Å². The molecule has 0 aromatic carbocycles. The van der Waals surface area contributed by atoms with Gasteiger partial charge in [-0.15, -0.1) is 0 Å². The SMILES string of the molecule is Cc1[nH]cnc1CC(O)C(=O)O. The lowest BCUT2D eigenvalue weighted by Gasteiger charge is -2.02. The Morgan fingerprint density at radius 2 is 2.50 bits per heavy atom. The summed E-state index contributed by atoms with van der Waals surface area (Å²) in [5.41, 5.74) is 1.38. The Kier molecular flexibility index (Phi) is 2.44. The molecule has 0 amide bonds. The van der Waals surface area contributed by atoms with Crippen LogP contribution in [0.1, 0.15) is 11.4 Å². The van der Waals surface area contributed by atoms with Crippen LogP contribution in [-0.2, 0) is 11.2 Å². The van der Waals surface area contributed by atoms with Gasteiger partial charge in [0.2, 0.25) is 0 Å². The first-order valence-electron chi connectivity index (χ1n) is 3.51. The van der Waals surface area contributed by atoms with E-state index in [0.717, 1.165) is 5.69 Å². The van der Waals surface area contributed by atoms with Gasteiger partial charge in [-0.1, -0.05) is 0 Å². The predicted molar refractivity (Wildman–Crippen MR) is 40.7 cm³/mol. The van der Waals surface area contributed by atoms with E-state index in [1.165, 1.54) is 6.33 Å². The Hall–Kier alpha value is -1.36. The number of nitrogens with zero attached hydrogens (tertiary/aromatic N) is 1. The number of hydrogen-bond donors (Lipinski definition) is 3. The summed E-state index contributed by atoms with van der Waals surface area (Å²) >= 11 is 0. The highest BCUT2D eigenvalue weighted by Gasteiger charge is 2.15. The van der Waals surface area contributed by atoms with Crippen LogP contribution in [0.15, 0.2) is 6.33 Å². The van der Waals surface area contributed by atoms with Crippen molar-refractivity contribution in [3.8, 4) is 0 Å². The second kappa shape index (κ2) is 3.36. The number of aliphatic carboxylic acids is 1. The molecule has 1 rings (SSSR count). The smallest absolute Gasteiger partial charge is 0.332 e. The number of carbonyl (C=O) groups is 1. The van der Waals surface area contributed by atoms with Gasteiger partial charge in [-0.2, -0.15) is 0 Å². The number of carboxylic acids is 1. The van der Waals surface area contributed by atoms with Crippen LogP contribution in [0.2, 0.25) is 0 Å². The molecule has 0 saturated heterocycles. The third kappa shape index (κ3) is 1.82. The second-order valence-electron chi connectivity index (χ2n) is 2.53. The molecule has 0 fully saturated rings. The van der Waals surface area contributed by atoms with Gasteiger partial charge in [-0.3, -0.25) is 0 Å². The van der Waals surface area contributed by atoms with Crippen molar-refractivity contribution in [3.63, 3.8) is 0 Å². The first-order valence-corrected chi connectivity index (χ1v) is 3.51. The normalized spacial score (nSPS) is 12.8. The van der Waals surface area contributed by atoms with Crippen LogP contribution in [0, 0.1) is 6.92 Å². The summed E-state index contributed by atoms with van der Waals surface area (Å²) in [4.78, 5) is 16.9. The highest BCUT2D eigenvalue weighted by molar-refractivity contribution is 5.72. The van der Waals surface area contributed by atoms with Crippen molar-refractivity contribution in [1.29, 1.82) is 0 Å². The van der Waals surface area contributed by atoms with E-state index in [1.54, 1.807) is 6.92 Å². The molecule has 0 bridgehead atoms. The zero-order valence-corrected chi connectivity index (χ0v) is 6.61. The molecular weight excluding hydrogens is 160 g/mol. The number of hydrogen-bond acceptors (Lipinski definition) is 3. The molecule has 0 aliphatic heterocycles. The van der Waals surface area contributed by atoms with Crippen molar-refractivity contribution >= 4 is 5.97 Å². The maximum absolute atomic E-state index is 10.2. The van der Waals surface area contributed by atoms with Gasteiger partial charge in [0.15, 0.2) is 6.10 Å². The zero-order chi connectivity index (χ0) is 9.14. The van der Waals surface area contributed by atoms with E-state index in [9.17, 15) is 4.79 Å². The molecule has 0 aliphatic carbocycles. The topological polar surface area (TPSA) is 86.2 Å². The average molecular weight is 170 g/mol. The molecule has 0 spiro atoms. The minimum Gasteiger partial charge on any atom is -0.479 e. The van der Waals surface area contributed by atoms with E-state index in [0.29, 0.717) is 5.69 Å². The lowest BCUT2D eigenvalue weighted by atomic mass is 10.2. The Morgan fingerprint density at radius 3 is 2.92 bits per heavy atom. The fourth-order valence-electron chi connectivity index (χ4n) is 0.863. The largest absolute Gasteiger partial charge is 0.479 e. The summed E-state index contributed by atoms with van der Waals surface area (Å²) in [6.45, 7) is 1.77. The van der Waals surface area contributed by atoms with E-state index in [1.807, 2.05) is 0 Å². The Balaban J connectivity index is 2.64. The first kappa shape index (κ1) is 8.73. The van der Waals surface area contributed by atoms with Crippen LogP contribution in [0.4, 0.5) is 0 Å². The van der Waals surface area contributed by atoms with Gasteiger partial charge in [0.1, 0.15) is 0 Å². The maximum atomic E-state index is 10.2. The molecule has 5 heteroatoms. The molecular formula is C7H10N2O3. The molecule has 66 valence electrons. The molecule has 1 atom stereocenters. The van der Waals surface area contributed by atoms with Crippen LogP contribution in [0.3, 0.4) is 0 Å². The zero-order valence-electron chi connectivity index (χ0n) is 6.61. The fraction of sp³-hybridized carbons (Fsp3) is 0.429. The van der Waals surface area contributed by atoms with Crippen molar-refractivity contribution in [3.05, 3.63) is 17.7 Å². The average Bonchev–Trinajstić information content (AvgIpc) is 2.36. The number of aliphatic hydroxyl groups excluding tert-OH is 1. The summed E-state index contributed by atoms with van der Waals surface area (Å²) < 4.78 is 0. The Morgan fingerprint density at radius 1 is 1.83 bits per heavy atom. The first-order chi connectivity index (χ1) is 5.61. The van der Waals surface area contributed by atoms with Gasteiger partial charge in [0.25, 0.3) is 0 Å². The molecule has 0 radical (unpaired) electrons. The van der Waals surface area contributed by atoms with E-state index >= 15 is 0 Å². The van der Waals surface area contributed by atoms with E-state index in [-0.39, 0.29) is 6.42 Å². The van der Waals surface area contributed by atoms with Crippen LogP contribution in [0.25, 0.3) is 0 Å². The molecule has 3 N–H and O–H groups in total. The van der Waals surface area contributed by atoms with Crippen molar-refractivity contribution in [2.24, 2.45) is 0 Å². The predicted octanol–water partition coefficient (Wildman–Crippen LogP) is -0.294. The highest BCUT2D eigenvalue weighted by Crippen LogP contribution is 2.04. The number of aromatic nitrogens is 2. The number of aliphatic hydroxyl groups is 1. The molecule has 12 heavy (non-hydrogen) atoms. The molecule has 5 nitrogen and oxygen atoms in total. The van der Waals surface area contributed by atoms with Gasteiger partial charge in [0.05, 0.1) is 12.0 Å². The third-order valence-electron chi connectivity index (χ3n) is 1.61. The molecule has 1 aromatic heterocycles. The standard InChI is InChI=1S/C7H10N2O3/c1-4-5(9-3-8-4)2-6(10)7(11)12/h3,6,10H,2H2,1H3,(H,8,9)(H,11,12). The van der Waals surface area contributed by atoms with E-state index in [4.69, 9.17) is 10.2 Å². The Bertz CT molecular complexity index is 282. The summed E-state index contributed by atoms with van der Waals surface area (Å²) in [5, 5.41) is 17.4. The van der Waals surface area contributed by atoms with Crippen molar-refractivity contribution in [1.82, 2.24) is 9.97 Å². The molecule has 0 saturated carbocycles. The van der Waals surface area contributed by atoms with Gasteiger partial charge >= 0.3 is 5.97 Å². The molecule has 0 aliphatic rings. The third-order valence-corrected chi connectivity index (χ3v) is 1.61. The number of aryl methyl sites for hydroxylation is 1.